The summed E-state index contributed by atoms with van der Waals surface area (Å²) in [4.78, 5) is 10.9. The first kappa shape index (κ1) is 13.4. The molecule has 0 aromatic rings. The molecule has 0 saturated heterocycles. The molecule has 1 amide bonds. The lowest BCUT2D eigenvalue weighted by atomic mass is 9.93. The van der Waals surface area contributed by atoms with Crippen LogP contribution in [0, 0.1) is 5.92 Å². The van der Waals surface area contributed by atoms with Crippen LogP contribution in [-0.2, 0) is 4.79 Å². The molecule has 0 fully saturated rings. The van der Waals surface area contributed by atoms with Crippen LogP contribution in [0.25, 0.3) is 0 Å². The van der Waals surface area contributed by atoms with Crippen molar-refractivity contribution in [2.75, 3.05) is 0 Å². The number of carbonyl (C=O) groups is 1. The number of hydrogen-bond donors (Lipinski definition) is 3. The van der Waals surface area contributed by atoms with Crippen LogP contribution in [-0.4, -0.2) is 22.3 Å². The molecule has 0 heterocycles. The van der Waals surface area contributed by atoms with E-state index in [-0.39, 0.29) is 12.3 Å². The summed E-state index contributed by atoms with van der Waals surface area (Å²) >= 11 is 0. The third-order valence-electron chi connectivity index (χ3n) is 2.43. The summed E-state index contributed by atoms with van der Waals surface area (Å²) in [6.07, 6.45) is 3.79. The number of carbonyl (C=O) groups excluding carboxylic acids is 1. The minimum absolute atomic E-state index is 0.0475. The monoisotopic (exact) mass is 203 g/mol. The second-order valence-corrected chi connectivity index (χ2v) is 3.74. The van der Waals surface area contributed by atoms with Gasteiger partial charge in [0.05, 0.1) is 6.10 Å². The topological polar surface area (TPSA) is 69.6 Å². The van der Waals surface area contributed by atoms with Crippen LogP contribution in [0.1, 0.15) is 46.0 Å². The highest BCUT2D eigenvalue weighted by molar-refractivity contribution is 5.74. The number of amides is 1. The molecule has 84 valence electrons. The standard InChI is InChI=1S/C10H21NO3/c1-3-4-5-6-9(8(2)12)7-10(13)11-14/h8-9,12,14H,3-7H2,1-2H3,(H,11,13). The molecule has 0 aliphatic rings. The van der Waals surface area contributed by atoms with E-state index in [4.69, 9.17) is 5.21 Å². The van der Waals surface area contributed by atoms with Crippen LogP contribution in [0.3, 0.4) is 0 Å². The fourth-order valence-electron chi connectivity index (χ4n) is 1.45. The number of rotatable bonds is 7. The van der Waals surface area contributed by atoms with Crippen molar-refractivity contribution < 1.29 is 15.1 Å². The van der Waals surface area contributed by atoms with Crippen molar-refractivity contribution in [2.24, 2.45) is 5.92 Å². The molecule has 0 radical (unpaired) electrons. The molecule has 4 nitrogen and oxygen atoms in total. The predicted octanol–water partition coefficient (Wildman–Crippen LogP) is 1.46. The van der Waals surface area contributed by atoms with Crippen LogP contribution in [0.15, 0.2) is 0 Å². The van der Waals surface area contributed by atoms with Crippen molar-refractivity contribution >= 4 is 5.91 Å². The van der Waals surface area contributed by atoms with Crippen LogP contribution in [0.5, 0.6) is 0 Å². The normalized spacial score (nSPS) is 14.9. The van der Waals surface area contributed by atoms with Crippen LogP contribution in [0.2, 0.25) is 0 Å². The Labute approximate surface area is 85.3 Å². The number of hydrogen-bond acceptors (Lipinski definition) is 3. The number of nitrogens with one attached hydrogen (secondary N) is 1. The summed E-state index contributed by atoms with van der Waals surface area (Å²) < 4.78 is 0. The van der Waals surface area contributed by atoms with Crippen molar-refractivity contribution in [1.82, 2.24) is 5.48 Å². The van der Waals surface area contributed by atoms with E-state index >= 15 is 0 Å². The lowest BCUT2D eigenvalue weighted by Crippen LogP contribution is -2.27. The third kappa shape index (κ3) is 5.94. The lowest BCUT2D eigenvalue weighted by molar-refractivity contribution is -0.131. The fraction of sp³-hybridized carbons (Fsp3) is 0.900. The van der Waals surface area contributed by atoms with Gasteiger partial charge < -0.3 is 5.11 Å². The quantitative estimate of drug-likeness (QED) is 0.333. The first-order valence-corrected chi connectivity index (χ1v) is 5.22. The SMILES string of the molecule is CCCCCC(CC(=O)NO)C(C)O. The zero-order valence-electron chi connectivity index (χ0n) is 8.99. The Kier molecular flexibility index (Phi) is 7.42. The Bertz CT molecular complexity index is 159. The zero-order chi connectivity index (χ0) is 11.0. The first-order chi connectivity index (χ1) is 6.61. The number of aliphatic hydroxyl groups is 1. The van der Waals surface area contributed by atoms with Gasteiger partial charge >= 0.3 is 0 Å². The second kappa shape index (κ2) is 7.76. The summed E-state index contributed by atoms with van der Waals surface area (Å²) in [6, 6.07) is 0. The molecule has 0 aliphatic carbocycles. The van der Waals surface area contributed by atoms with Crippen LogP contribution >= 0.6 is 0 Å². The van der Waals surface area contributed by atoms with Crippen LogP contribution < -0.4 is 5.48 Å². The predicted molar refractivity (Wildman–Crippen MR) is 53.9 cm³/mol. The van der Waals surface area contributed by atoms with Gasteiger partial charge in [-0.25, -0.2) is 5.48 Å². The van der Waals surface area contributed by atoms with E-state index in [0.29, 0.717) is 0 Å². The van der Waals surface area contributed by atoms with Crippen molar-refractivity contribution in [3.8, 4) is 0 Å². The minimum atomic E-state index is -0.496. The molecule has 0 aliphatic heterocycles. The van der Waals surface area contributed by atoms with Crippen molar-refractivity contribution in [3.05, 3.63) is 0 Å². The van der Waals surface area contributed by atoms with E-state index in [2.05, 4.69) is 6.92 Å². The van der Waals surface area contributed by atoms with Gasteiger partial charge in [0.1, 0.15) is 0 Å². The molecule has 0 aromatic carbocycles. The summed E-state index contributed by atoms with van der Waals surface area (Å²) in [5, 5.41) is 17.8. The van der Waals surface area contributed by atoms with E-state index in [9.17, 15) is 9.90 Å². The van der Waals surface area contributed by atoms with Gasteiger partial charge in [-0.2, -0.15) is 0 Å². The molecular formula is C10H21NO3. The van der Waals surface area contributed by atoms with Gasteiger partial charge in [0.15, 0.2) is 0 Å². The first-order valence-electron chi connectivity index (χ1n) is 5.22. The Balaban J connectivity index is 3.83. The van der Waals surface area contributed by atoms with Gasteiger partial charge in [-0.3, -0.25) is 10.0 Å². The Morgan fingerprint density at radius 1 is 1.43 bits per heavy atom. The molecule has 3 N–H and O–H groups in total. The molecule has 0 spiro atoms. The van der Waals surface area contributed by atoms with Gasteiger partial charge in [-0.05, 0) is 19.3 Å². The number of unbranched alkanes of at least 4 members (excludes halogenated alkanes) is 2. The van der Waals surface area contributed by atoms with Gasteiger partial charge in [-0.1, -0.05) is 26.2 Å². The van der Waals surface area contributed by atoms with Gasteiger partial charge in [0, 0.05) is 6.42 Å². The molecule has 2 atom stereocenters. The minimum Gasteiger partial charge on any atom is -0.393 e. The van der Waals surface area contributed by atoms with Crippen molar-refractivity contribution in [1.29, 1.82) is 0 Å². The van der Waals surface area contributed by atoms with Gasteiger partial charge in [-0.15, -0.1) is 0 Å². The average molecular weight is 203 g/mol. The molecule has 14 heavy (non-hydrogen) atoms. The summed E-state index contributed by atoms with van der Waals surface area (Å²) in [5.74, 6) is -0.471. The third-order valence-corrected chi connectivity index (χ3v) is 2.43. The maximum atomic E-state index is 10.9. The van der Waals surface area contributed by atoms with Crippen LogP contribution in [0.4, 0.5) is 0 Å². The molecular weight excluding hydrogens is 182 g/mol. The molecule has 0 aromatic heterocycles. The van der Waals surface area contributed by atoms with Crippen molar-refractivity contribution in [2.45, 2.75) is 52.1 Å². The number of hydroxylamine groups is 1. The highest BCUT2D eigenvalue weighted by Gasteiger charge is 2.17. The smallest absolute Gasteiger partial charge is 0.243 e. The lowest BCUT2D eigenvalue weighted by Gasteiger charge is -2.18. The average Bonchev–Trinajstić information content (AvgIpc) is 2.16. The number of aliphatic hydroxyl groups excluding tert-OH is 1. The summed E-state index contributed by atoms with van der Waals surface area (Å²) in [5.41, 5.74) is 1.59. The second-order valence-electron chi connectivity index (χ2n) is 3.74. The van der Waals surface area contributed by atoms with Crippen molar-refractivity contribution in [3.63, 3.8) is 0 Å². The zero-order valence-corrected chi connectivity index (χ0v) is 8.99. The molecule has 0 bridgehead atoms. The molecule has 0 saturated carbocycles. The van der Waals surface area contributed by atoms with E-state index in [1.807, 2.05) is 0 Å². The Morgan fingerprint density at radius 3 is 2.50 bits per heavy atom. The largest absolute Gasteiger partial charge is 0.393 e. The highest BCUT2D eigenvalue weighted by Crippen LogP contribution is 2.17. The molecule has 0 rings (SSSR count). The Morgan fingerprint density at radius 2 is 2.07 bits per heavy atom. The molecule has 4 heteroatoms. The van der Waals surface area contributed by atoms with Gasteiger partial charge in [0.2, 0.25) is 5.91 Å². The van der Waals surface area contributed by atoms with E-state index in [1.54, 1.807) is 12.4 Å². The fourth-order valence-corrected chi connectivity index (χ4v) is 1.45. The highest BCUT2D eigenvalue weighted by atomic mass is 16.5. The van der Waals surface area contributed by atoms with E-state index in [0.717, 1.165) is 25.7 Å². The Hall–Kier alpha value is -0.610. The van der Waals surface area contributed by atoms with Gasteiger partial charge in [0.25, 0.3) is 0 Å². The summed E-state index contributed by atoms with van der Waals surface area (Å²) in [7, 11) is 0. The maximum Gasteiger partial charge on any atom is 0.243 e. The summed E-state index contributed by atoms with van der Waals surface area (Å²) in [6.45, 7) is 3.79. The van der Waals surface area contributed by atoms with E-state index in [1.165, 1.54) is 0 Å². The molecule has 2 unspecified atom stereocenters. The van der Waals surface area contributed by atoms with E-state index < -0.39 is 12.0 Å². The maximum absolute atomic E-state index is 10.9.